The fourth-order valence-electron chi connectivity index (χ4n) is 4.52. The van der Waals surface area contributed by atoms with E-state index >= 15 is 0 Å². The van der Waals surface area contributed by atoms with Gasteiger partial charge in [0.2, 0.25) is 11.9 Å². The number of nitrogens with one attached hydrogen (secondary N) is 2. The lowest BCUT2D eigenvalue weighted by Crippen LogP contribution is -2.47. The van der Waals surface area contributed by atoms with Crippen LogP contribution in [0, 0.1) is 0 Å². The fourth-order valence-corrected chi connectivity index (χ4v) is 4.52. The van der Waals surface area contributed by atoms with Crippen LogP contribution >= 0.6 is 0 Å². The summed E-state index contributed by atoms with van der Waals surface area (Å²) < 4.78 is 7.53. The third kappa shape index (κ3) is 3.92. The predicted molar refractivity (Wildman–Crippen MR) is 125 cm³/mol. The number of amides is 1. The van der Waals surface area contributed by atoms with Gasteiger partial charge in [-0.2, -0.15) is 0 Å². The highest BCUT2D eigenvalue weighted by Crippen LogP contribution is 2.29. The molecule has 10 nitrogen and oxygen atoms in total. The summed E-state index contributed by atoms with van der Waals surface area (Å²) in [6.45, 7) is 3.91. The molecule has 1 aromatic carbocycles. The number of carbonyl (C=O) groups is 1. The van der Waals surface area contributed by atoms with Gasteiger partial charge in [-0.25, -0.2) is 4.98 Å². The number of pyridine rings is 1. The first-order valence-corrected chi connectivity index (χ1v) is 11.3. The minimum atomic E-state index is 0.0572. The Bertz CT molecular complexity index is 1350. The van der Waals surface area contributed by atoms with Gasteiger partial charge in [0.1, 0.15) is 12.1 Å². The largest absolute Gasteiger partial charge is 0.493 e. The topological polar surface area (TPSA) is 110 Å². The minimum Gasteiger partial charge on any atom is -0.493 e. The molecule has 0 aliphatic carbocycles. The van der Waals surface area contributed by atoms with Crippen LogP contribution in [0.5, 0.6) is 5.75 Å². The van der Waals surface area contributed by atoms with Crippen molar-refractivity contribution in [2.45, 2.75) is 19.5 Å². The summed E-state index contributed by atoms with van der Waals surface area (Å²) in [7, 11) is 0. The van der Waals surface area contributed by atoms with E-state index < -0.39 is 0 Å². The molecule has 2 N–H and O–H groups in total. The molecule has 2 aliphatic heterocycles. The van der Waals surface area contributed by atoms with Crippen molar-refractivity contribution in [1.82, 2.24) is 34.8 Å². The van der Waals surface area contributed by atoms with Crippen molar-refractivity contribution < 1.29 is 9.53 Å². The molecule has 1 fully saturated rings. The van der Waals surface area contributed by atoms with Crippen LogP contribution in [0.4, 0.5) is 5.95 Å². The molecule has 6 rings (SSSR count). The number of nitrogens with zero attached hydrogens (tertiary/aromatic N) is 6. The molecule has 0 unspecified atom stereocenters. The van der Waals surface area contributed by atoms with Gasteiger partial charge in [0.25, 0.3) is 0 Å². The van der Waals surface area contributed by atoms with E-state index in [1.54, 1.807) is 12.5 Å². The number of hydrogen-bond acceptors (Lipinski definition) is 8. The Morgan fingerprint density at radius 3 is 3.00 bits per heavy atom. The van der Waals surface area contributed by atoms with Gasteiger partial charge >= 0.3 is 0 Å². The second kappa shape index (κ2) is 8.71. The minimum absolute atomic E-state index is 0.0572. The van der Waals surface area contributed by atoms with Gasteiger partial charge in [-0.3, -0.25) is 19.1 Å². The van der Waals surface area contributed by atoms with Crippen molar-refractivity contribution in [3.05, 3.63) is 65.9 Å². The number of fused-ring (bicyclic) bond motifs is 2. The lowest BCUT2D eigenvalue weighted by atomic mass is 10.1. The van der Waals surface area contributed by atoms with Crippen molar-refractivity contribution in [2.75, 3.05) is 31.6 Å². The Morgan fingerprint density at radius 1 is 1.15 bits per heavy atom. The van der Waals surface area contributed by atoms with Gasteiger partial charge in [0.15, 0.2) is 5.65 Å². The average molecular weight is 457 g/mol. The first kappa shape index (κ1) is 20.5. The molecule has 34 heavy (non-hydrogen) atoms. The van der Waals surface area contributed by atoms with Gasteiger partial charge in [-0.15, -0.1) is 10.2 Å². The maximum absolute atomic E-state index is 11.6. The summed E-state index contributed by atoms with van der Waals surface area (Å²) in [5.74, 6) is 1.70. The average Bonchev–Trinajstić information content (AvgIpc) is 3.53. The van der Waals surface area contributed by atoms with Crippen molar-refractivity contribution in [3.8, 4) is 16.9 Å². The van der Waals surface area contributed by atoms with E-state index in [9.17, 15) is 4.79 Å². The first-order valence-electron chi connectivity index (χ1n) is 11.3. The second-order valence-electron chi connectivity index (χ2n) is 8.46. The van der Waals surface area contributed by atoms with Crippen LogP contribution in [0.2, 0.25) is 0 Å². The molecule has 3 aromatic heterocycles. The lowest BCUT2D eigenvalue weighted by molar-refractivity contribution is -0.124. The zero-order valence-corrected chi connectivity index (χ0v) is 18.6. The number of hydrogen-bond donors (Lipinski definition) is 2. The highest BCUT2D eigenvalue weighted by molar-refractivity contribution is 5.79. The maximum Gasteiger partial charge on any atom is 0.234 e. The van der Waals surface area contributed by atoms with E-state index in [0.717, 1.165) is 42.1 Å². The quantitative estimate of drug-likeness (QED) is 0.451. The Kier molecular flexibility index (Phi) is 5.27. The van der Waals surface area contributed by atoms with Crippen LogP contribution in [-0.2, 0) is 24.3 Å². The van der Waals surface area contributed by atoms with Crippen molar-refractivity contribution in [3.63, 3.8) is 0 Å². The zero-order chi connectivity index (χ0) is 22.9. The molecule has 0 saturated carbocycles. The summed E-state index contributed by atoms with van der Waals surface area (Å²) in [6, 6.07) is 10.1. The number of piperazine rings is 1. The number of rotatable bonds is 6. The van der Waals surface area contributed by atoms with Crippen LogP contribution < -0.4 is 15.4 Å². The van der Waals surface area contributed by atoms with E-state index in [2.05, 4.69) is 41.8 Å². The fraction of sp³-hybridized carbons (Fsp3) is 0.292. The van der Waals surface area contributed by atoms with E-state index in [0.29, 0.717) is 37.8 Å². The SMILES string of the molecule is O=C1CN(Cc2ccc(-c3cnc(NCc4cccc5c4CCO5)n4cnnc34)cn2)CCN1. The number of benzene rings is 1. The molecule has 0 atom stereocenters. The maximum atomic E-state index is 11.6. The van der Waals surface area contributed by atoms with E-state index in [1.165, 1.54) is 11.1 Å². The summed E-state index contributed by atoms with van der Waals surface area (Å²) >= 11 is 0. The summed E-state index contributed by atoms with van der Waals surface area (Å²) in [4.78, 5) is 23.0. The number of ether oxygens (including phenoxy) is 1. The Labute approximate surface area is 196 Å². The monoisotopic (exact) mass is 456 g/mol. The van der Waals surface area contributed by atoms with Crippen LogP contribution in [0.3, 0.4) is 0 Å². The standard InChI is InChI=1S/C24H24N8O2/c33-22-14-31(8-7-25-22)13-18-5-4-17(10-26-18)20-12-28-24(32-15-29-30-23(20)32)27-11-16-2-1-3-21-19(16)6-9-34-21/h1-5,10,12,15H,6-9,11,13-14H2,(H,25,33)(H,27,28). The number of carbonyl (C=O) groups excluding carboxylic acids is 1. The van der Waals surface area contributed by atoms with E-state index in [-0.39, 0.29) is 5.91 Å². The number of aromatic nitrogens is 5. The second-order valence-corrected chi connectivity index (χ2v) is 8.46. The van der Waals surface area contributed by atoms with Crippen molar-refractivity contribution in [1.29, 1.82) is 0 Å². The molecule has 1 saturated heterocycles. The molecule has 0 radical (unpaired) electrons. The van der Waals surface area contributed by atoms with Gasteiger partial charge in [-0.05, 0) is 17.7 Å². The molecular weight excluding hydrogens is 432 g/mol. The van der Waals surface area contributed by atoms with Crippen LogP contribution in [0.25, 0.3) is 16.8 Å². The third-order valence-corrected chi connectivity index (χ3v) is 6.25. The molecule has 5 heterocycles. The molecule has 0 bridgehead atoms. The van der Waals surface area contributed by atoms with Gasteiger partial charge in [0.05, 0.1) is 18.8 Å². The molecular formula is C24H24N8O2. The van der Waals surface area contributed by atoms with Crippen molar-refractivity contribution >= 4 is 17.5 Å². The summed E-state index contributed by atoms with van der Waals surface area (Å²) in [5, 5.41) is 14.7. The van der Waals surface area contributed by atoms with Gasteiger partial charge in [0, 0.05) is 61.7 Å². The van der Waals surface area contributed by atoms with Gasteiger partial charge in [-0.1, -0.05) is 18.2 Å². The Balaban J connectivity index is 1.21. The normalized spacial score (nSPS) is 15.7. The summed E-state index contributed by atoms with van der Waals surface area (Å²) in [6.07, 6.45) is 6.22. The molecule has 2 aliphatic rings. The summed E-state index contributed by atoms with van der Waals surface area (Å²) in [5.41, 5.74) is 5.85. The number of anilines is 1. The van der Waals surface area contributed by atoms with E-state index in [4.69, 9.17) is 4.74 Å². The van der Waals surface area contributed by atoms with Crippen LogP contribution in [-0.4, -0.2) is 61.6 Å². The highest BCUT2D eigenvalue weighted by Gasteiger charge is 2.18. The van der Waals surface area contributed by atoms with Crippen LogP contribution in [0.15, 0.2) is 49.1 Å². The first-order chi connectivity index (χ1) is 16.7. The van der Waals surface area contributed by atoms with Crippen LogP contribution in [0.1, 0.15) is 16.8 Å². The van der Waals surface area contributed by atoms with Crippen molar-refractivity contribution in [2.24, 2.45) is 0 Å². The van der Waals surface area contributed by atoms with E-state index in [1.807, 2.05) is 34.9 Å². The molecule has 4 aromatic rings. The molecule has 1 amide bonds. The Morgan fingerprint density at radius 2 is 2.12 bits per heavy atom. The molecule has 0 spiro atoms. The third-order valence-electron chi connectivity index (χ3n) is 6.25. The smallest absolute Gasteiger partial charge is 0.234 e. The predicted octanol–water partition coefficient (Wildman–Crippen LogP) is 1.67. The molecule has 10 heteroatoms. The highest BCUT2D eigenvalue weighted by atomic mass is 16.5. The lowest BCUT2D eigenvalue weighted by Gasteiger charge is -2.25. The zero-order valence-electron chi connectivity index (χ0n) is 18.6. The molecule has 172 valence electrons. The Hall–Kier alpha value is -4.05. The van der Waals surface area contributed by atoms with Gasteiger partial charge < -0.3 is 15.4 Å².